The molecule has 0 saturated heterocycles. The van der Waals surface area contributed by atoms with Crippen LogP contribution in [0.2, 0.25) is 0 Å². The van der Waals surface area contributed by atoms with Gasteiger partial charge < -0.3 is 5.32 Å². The van der Waals surface area contributed by atoms with Crippen LogP contribution in [0, 0.1) is 5.92 Å². The van der Waals surface area contributed by atoms with Gasteiger partial charge in [-0.25, -0.2) is 8.42 Å². The number of carbonyl (C=O) groups excluding carboxylic acids is 1. The van der Waals surface area contributed by atoms with Gasteiger partial charge in [-0.1, -0.05) is 33.8 Å². The van der Waals surface area contributed by atoms with Crippen molar-refractivity contribution in [3.8, 4) is 0 Å². The van der Waals surface area contributed by atoms with E-state index in [9.17, 15) is 13.2 Å². The molecule has 1 N–H and O–H groups in total. The van der Waals surface area contributed by atoms with Crippen LogP contribution in [-0.4, -0.2) is 20.4 Å². The van der Waals surface area contributed by atoms with E-state index in [0.29, 0.717) is 23.5 Å². The lowest BCUT2D eigenvalue weighted by Gasteiger charge is -2.21. The highest BCUT2D eigenvalue weighted by Crippen LogP contribution is 2.22. The lowest BCUT2D eigenvalue weighted by molar-refractivity contribution is 0.0924. The highest BCUT2D eigenvalue weighted by atomic mass is 35.7. The second-order valence-electron chi connectivity index (χ2n) is 5.35. The predicted molar refractivity (Wildman–Crippen MR) is 85.2 cm³/mol. The topological polar surface area (TPSA) is 63.2 Å². The molecule has 1 unspecified atom stereocenters. The highest BCUT2D eigenvalue weighted by molar-refractivity contribution is 8.13. The lowest BCUT2D eigenvalue weighted by atomic mass is 10.0. The molecule has 6 heteroatoms. The Balaban J connectivity index is 3.12. The van der Waals surface area contributed by atoms with E-state index in [2.05, 4.69) is 5.32 Å². The van der Waals surface area contributed by atoms with Crippen LogP contribution in [0.3, 0.4) is 0 Å². The number of hydrogen-bond donors (Lipinski definition) is 1. The van der Waals surface area contributed by atoms with Gasteiger partial charge in [-0.2, -0.15) is 0 Å². The number of benzene rings is 1. The van der Waals surface area contributed by atoms with Crippen LogP contribution in [0.1, 0.15) is 50.0 Å². The monoisotopic (exact) mass is 331 g/mol. The maximum atomic E-state index is 12.2. The summed E-state index contributed by atoms with van der Waals surface area (Å²) in [5.41, 5.74) is 0.919. The summed E-state index contributed by atoms with van der Waals surface area (Å²) in [5.74, 6) is 0.0323. The first-order valence-electron chi connectivity index (χ1n) is 7.09. The third kappa shape index (κ3) is 4.71. The van der Waals surface area contributed by atoms with Gasteiger partial charge in [0.25, 0.3) is 15.0 Å². The number of halogens is 1. The average Bonchev–Trinajstić information content (AvgIpc) is 2.42. The molecule has 21 heavy (non-hydrogen) atoms. The van der Waals surface area contributed by atoms with E-state index in [4.69, 9.17) is 10.7 Å². The minimum atomic E-state index is -3.86. The second kappa shape index (κ2) is 7.27. The number of aryl methyl sites for hydroxylation is 1. The van der Waals surface area contributed by atoms with Crippen molar-refractivity contribution >= 4 is 25.6 Å². The van der Waals surface area contributed by atoms with Crippen LogP contribution < -0.4 is 5.32 Å². The number of carbonyl (C=O) groups is 1. The van der Waals surface area contributed by atoms with E-state index in [-0.39, 0.29) is 16.8 Å². The summed E-state index contributed by atoms with van der Waals surface area (Å²) in [6, 6.07) is 4.68. The van der Waals surface area contributed by atoms with Crippen molar-refractivity contribution in [2.24, 2.45) is 5.92 Å². The van der Waals surface area contributed by atoms with Gasteiger partial charge in [0.2, 0.25) is 0 Å². The molecule has 1 atom stereocenters. The Morgan fingerprint density at radius 3 is 2.33 bits per heavy atom. The van der Waals surface area contributed by atoms with Gasteiger partial charge in [-0.15, -0.1) is 0 Å². The molecule has 1 aromatic rings. The summed E-state index contributed by atoms with van der Waals surface area (Å²) >= 11 is 0. The van der Waals surface area contributed by atoms with E-state index in [0.717, 1.165) is 6.42 Å². The molecule has 0 aliphatic rings. The fraction of sp³-hybridized carbons (Fsp3) is 0.533. The Morgan fingerprint density at radius 2 is 1.90 bits per heavy atom. The van der Waals surface area contributed by atoms with Crippen molar-refractivity contribution < 1.29 is 13.2 Å². The number of amides is 1. The third-order valence-corrected chi connectivity index (χ3v) is 4.94. The van der Waals surface area contributed by atoms with Crippen molar-refractivity contribution in [3.63, 3.8) is 0 Å². The van der Waals surface area contributed by atoms with E-state index in [1.807, 2.05) is 27.7 Å². The SMILES string of the molecule is CCc1ccc(C(=O)NC(CC)C(C)C)cc1S(=O)(=O)Cl. The minimum Gasteiger partial charge on any atom is -0.349 e. The zero-order chi connectivity index (χ0) is 16.2. The Labute approximate surface area is 131 Å². The Kier molecular flexibility index (Phi) is 6.23. The molecule has 4 nitrogen and oxygen atoms in total. The molecule has 0 fully saturated rings. The molecule has 1 rings (SSSR count). The summed E-state index contributed by atoms with van der Waals surface area (Å²) in [5, 5.41) is 2.92. The van der Waals surface area contributed by atoms with Gasteiger partial charge in [0.15, 0.2) is 0 Å². The van der Waals surface area contributed by atoms with Crippen LogP contribution in [-0.2, 0) is 15.5 Å². The molecule has 0 heterocycles. The standard InChI is InChI=1S/C15H22ClNO3S/c1-5-11-7-8-12(9-14(11)21(16,19)20)15(18)17-13(6-2)10(3)4/h7-10,13H,5-6H2,1-4H3,(H,17,18). The zero-order valence-electron chi connectivity index (χ0n) is 12.8. The van der Waals surface area contributed by atoms with Crippen molar-refractivity contribution in [2.45, 2.75) is 51.5 Å². The molecule has 0 saturated carbocycles. The lowest BCUT2D eigenvalue weighted by Crippen LogP contribution is -2.38. The second-order valence-corrected chi connectivity index (χ2v) is 7.88. The smallest absolute Gasteiger partial charge is 0.261 e. The Bertz CT molecular complexity index is 611. The van der Waals surface area contributed by atoms with Gasteiger partial charge in [-0.3, -0.25) is 4.79 Å². The van der Waals surface area contributed by atoms with Crippen LogP contribution >= 0.6 is 10.7 Å². The molecule has 0 aromatic heterocycles. The maximum absolute atomic E-state index is 12.2. The first-order chi connectivity index (χ1) is 9.70. The van der Waals surface area contributed by atoms with E-state index in [1.165, 1.54) is 6.07 Å². The first kappa shape index (κ1) is 18.0. The van der Waals surface area contributed by atoms with E-state index in [1.54, 1.807) is 12.1 Å². The quantitative estimate of drug-likeness (QED) is 0.813. The fourth-order valence-electron chi connectivity index (χ4n) is 2.21. The van der Waals surface area contributed by atoms with E-state index < -0.39 is 9.05 Å². The van der Waals surface area contributed by atoms with Gasteiger partial charge in [0.1, 0.15) is 0 Å². The average molecular weight is 332 g/mol. The summed E-state index contributed by atoms with van der Waals surface area (Å²) in [7, 11) is 1.58. The van der Waals surface area contributed by atoms with Crippen molar-refractivity contribution in [1.29, 1.82) is 0 Å². The first-order valence-corrected chi connectivity index (χ1v) is 9.40. The molecule has 0 aliphatic heterocycles. The summed E-state index contributed by atoms with van der Waals surface area (Å²) in [6.45, 7) is 7.90. The Hall–Kier alpha value is -1.07. The number of rotatable bonds is 6. The van der Waals surface area contributed by atoms with Crippen LogP contribution in [0.25, 0.3) is 0 Å². The molecule has 0 radical (unpaired) electrons. The fourth-order valence-corrected chi connectivity index (χ4v) is 3.43. The van der Waals surface area contributed by atoms with Crippen LogP contribution in [0.5, 0.6) is 0 Å². The summed E-state index contributed by atoms with van der Waals surface area (Å²) in [4.78, 5) is 12.3. The number of nitrogens with one attached hydrogen (secondary N) is 1. The zero-order valence-corrected chi connectivity index (χ0v) is 14.4. The molecule has 1 amide bonds. The van der Waals surface area contributed by atoms with Gasteiger partial charge in [0, 0.05) is 22.3 Å². The molecule has 0 bridgehead atoms. The third-order valence-electron chi connectivity index (χ3n) is 3.53. The largest absolute Gasteiger partial charge is 0.349 e. The van der Waals surface area contributed by atoms with Gasteiger partial charge in [-0.05, 0) is 36.5 Å². The molecule has 0 spiro atoms. The number of hydrogen-bond acceptors (Lipinski definition) is 3. The van der Waals surface area contributed by atoms with E-state index >= 15 is 0 Å². The predicted octanol–water partition coefficient (Wildman–Crippen LogP) is 3.34. The van der Waals surface area contributed by atoms with Crippen molar-refractivity contribution in [3.05, 3.63) is 29.3 Å². The molecule has 0 aliphatic carbocycles. The maximum Gasteiger partial charge on any atom is 0.261 e. The normalized spacial score (nSPS) is 13.2. The summed E-state index contributed by atoms with van der Waals surface area (Å²) < 4.78 is 23.2. The highest BCUT2D eigenvalue weighted by Gasteiger charge is 2.20. The molecular weight excluding hydrogens is 310 g/mol. The van der Waals surface area contributed by atoms with Gasteiger partial charge in [0.05, 0.1) is 4.90 Å². The van der Waals surface area contributed by atoms with Crippen molar-refractivity contribution in [2.75, 3.05) is 0 Å². The molecule has 118 valence electrons. The molecule has 1 aromatic carbocycles. The van der Waals surface area contributed by atoms with Gasteiger partial charge >= 0.3 is 0 Å². The van der Waals surface area contributed by atoms with Crippen molar-refractivity contribution in [1.82, 2.24) is 5.32 Å². The van der Waals surface area contributed by atoms with Crippen LogP contribution in [0.15, 0.2) is 23.1 Å². The summed E-state index contributed by atoms with van der Waals surface area (Å²) in [6.07, 6.45) is 1.35. The molecular formula is C15H22ClNO3S. The van der Waals surface area contributed by atoms with Crippen LogP contribution in [0.4, 0.5) is 0 Å². The minimum absolute atomic E-state index is 0.0110. The Morgan fingerprint density at radius 1 is 1.29 bits per heavy atom.